The fourth-order valence-electron chi connectivity index (χ4n) is 3.59. The number of ether oxygens (including phenoxy) is 4. The zero-order valence-electron chi connectivity index (χ0n) is 26.6. The summed E-state index contributed by atoms with van der Waals surface area (Å²) in [7, 11) is -6.48. The molecule has 0 aliphatic rings. The zero-order valence-corrected chi connectivity index (χ0v) is 31.8. The molecule has 10 nitrogen and oxygen atoms in total. The molecular weight excluding hydrogens is 708 g/mol. The summed E-state index contributed by atoms with van der Waals surface area (Å²) in [4.78, 5) is 12.4. The summed E-state index contributed by atoms with van der Waals surface area (Å²) in [6, 6.07) is 11.6. The van der Waals surface area contributed by atoms with Crippen molar-refractivity contribution in [2.75, 3.05) is 50.5 Å². The first kappa shape index (κ1) is 38.5. The first-order valence-electron chi connectivity index (χ1n) is 14.3. The van der Waals surface area contributed by atoms with Gasteiger partial charge in [0, 0.05) is 40.4 Å². The Balaban J connectivity index is 2.17. The van der Waals surface area contributed by atoms with Crippen molar-refractivity contribution in [2.45, 2.75) is 57.5 Å². The number of rotatable bonds is 19. The van der Waals surface area contributed by atoms with E-state index in [-0.39, 0.29) is 38.1 Å². The van der Waals surface area contributed by atoms with Crippen LogP contribution in [0.5, 0.6) is 11.5 Å². The number of hydrogen-bond acceptors (Lipinski definition) is 8. The first-order valence-corrected chi connectivity index (χ1v) is 24.7. The summed E-state index contributed by atoms with van der Waals surface area (Å²) in [6.07, 6.45) is -0.0605. The Hall–Kier alpha value is -1.66. The van der Waals surface area contributed by atoms with Gasteiger partial charge in [-0.25, -0.2) is 12.7 Å². The molecule has 2 aromatic rings. The van der Waals surface area contributed by atoms with Gasteiger partial charge in [-0.2, -0.15) is 0 Å². The molecule has 0 heterocycles. The van der Waals surface area contributed by atoms with Crippen molar-refractivity contribution in [3.8, 4) is 11.5 Å². The maximum absolute atomic E-state index is 12.9. The van der Waals surface area contributed by atoms with Gasteiger partial charge in [0.05, 0.1) is 23.1 Å². The van der Waals surface area contributed by atoms with Crippen LogP contribution in [0, 0.1) is 0 Å². The molecule has 0 aliphatic carbocycles. The molecule has 2 aromatic carbocycles. The Morgan fingerprint density at radius 1 is 0.977 bits per heavy atom. The fourth-order valence-corrected chi connectivity index (χ4v) is 6.59. The number of aliphatic hydroxyl groups excluding tert-OH is 1. The molecule has 44 heavy (non-hydrogen) atoms. The van der Waals surface area contributed by atoms with Crippen LogP contribution in [-0.2, 0) is 24.3 Å². The predicted octanol–water partition coefficient (Wildman–Crippen LogP) is 6.10. The van der Waals surface area contributed by atoms with Crippen molar-refractivity contribution in [2.24, 2.45) is 0 Å². The van der Waals surface area contributed by atoms with E-state index in [4.69, 9.17) is 30.5 Å². The molecule has 0 fully saturated rings. The van der Waals surface area contributed by atoms with Crippen LogP contribution in [-0.4, -0.2) is 81.7 Å². The molecule has 1 atom stereocenters. The molecule has 0 spiro atoms. The topological polar surface area (TPSA) is 124 Å². The smallest absolute Gasteiger partial charge is 0.258 e. The predicted molar refractivity (Wildman–Crippen MR) is 185 cm³/mol. The average Bonchev–Trinajstić information content (AvgIpc) is 2.89. The lowest BCUT2D eigenvalue weighted by atomic mass is 10.1. The molecule has 0 bridgehead atoms. The Kier molecular flexibility index (Phi) is 15.2. The summed E-state index contributed by atoms with van der Waals surface area (Å²) < 4.78 is 50.5. The first-order chi connectivity index (χ1) is 20.4. The highest BCUT2D eigenvalue weighted by atomic mass is 79.9. The third kappa shape index (κ3) is 14.6. The van der Waals surface area contributed by atoms with Crippen LogP contribution in [0.1, 0.15) is 11.7 Å². The number of hydrogen-bond donors (Lipinski definition) is 2. The van der Waals surface area contributed by atoms with Gasteiger partial charge in [0.1, 0.15) is 18.2 Å². The van der Waals surface area contributed by atoms with E-state index >= 15 is 0 Å². The minimum Gasteiger partial charge on any atom is -0.482 e. The highest BCUT2D eigenvalue weighted by Crippen LogP contribution is 2.33. The lowest BCUT2D eigenvalue weighted by Crippen LogP contribution is -2.34. The number of nitrogens with one attached hydrogen (secondary N) is 1. The number of nitrogens with zero attached hydrogens (tertiary/aromatic N) is 1. The summed E-state index contributed by atoms with van der Waals surface area (Å²) >= 11 is 9.45. The molecule has 0 radical (unpaired) electrons. The second kappa shape index (κ2) is 17.3. The van der Waals surface area contributed by atoms with Gasteiger partial charge >= 0.3 is 0 Å². The third-order valence-electron chi connectivity index (χ3n) is 6.28. The normalized spacial score (nSPS) is 13.0. The van der Waals surface area contributed by atoms with Crippen LogP contribution >= 0.6 is 27.5 Å². The average molecular weight is 754 g/mol. The second-order valence-corrected chi connectivity index (χ2v) is 27.3. The molecular formula is C29H46BrClN2O8SSi2. The van der Waals surface area contributed by atoms with E-state index in [1.807, 2.05) is 0 Å². The fraction of sp³-hybridized carbons (Fsp3) is 0.552. The van der Waals surface area contributed by atoms with Crippen molar-refractivity contribution in [3.05, 3.63) is 51.5 Å². The lowest BCUT2D eigenvalue weighted by Gasteiger charge is -2.26. The van der Waals surface area contributed by atoms with Crippen LogP contribution in [0.25, 0.3) is 0 Å². The van der Waals surface area contributed by atoms with E-state index in [0.29, 0.717) is 29.5 Å². The zero-order chi connectivity index (χ0) is 33.1. The molecule has 2 N–H and O–H groups in total. The van der Waals surface area contributed by atoms with Crippen molar-refractivity contribution in [1.82, 2.24) is 5.32 Å². The van der Waals surface area contributed by atoms with Crippen LogP contribution < -0.4 is 19.1 Å². The highest BCUT2D eigenvalue weighted by molar-refractivity contribution is 9.10. The van der Waals surface area contributed by atoms with Gasteiger partial charge in [0.2, 0.25) is 10.0 Å². The standard InChI is InChI=1S/C29H46BrClN2O8SSi2/c1-42(36,37)33(20-38-12-14-43(2,3)4)25-16-22(8-10-28(25)41-21-39-13-15-44(5,6)7)26(34)18-32-29(35)19-40-27-11-9-23(30)17-24(27)31/h8-11,16-17,26,34H,12-15,18-21H2,1-7H3,(H,32,35). The van der Waals surface area contributed by atoms with Gasteiger partial charge in [-0.05, 0) is 48.0 Å². The van der Waals surface area contributed by atoms with Crippen molar-refractivity contribution < 1.29 is 37.3 Å². The number of carbonyl (C=O) groups is 1. The molecule has 0 aliphatic heterocycles. The Morgan fingerprint density at radius 3 is 2.18 bits per heavy atom. The van der Waals surface area contributed by atoms with Gasteiger partial charge < -0.3 is 29.4 Å². The van der Waals surface area contributed by atoms with E-state index in [1.165, 1.54) is 6.07 Å². The minimum absolute atomic E-state index is 0.0636. The van der Waals surface area contributed by atoms with E-state index in [2.05, 4.69) is 60.5 Å². The number of aliphatic hydroxyl groups is 1. The van der Waals surface area contributed by atoms with Crippen LogP contribution in [0.3, 0.4) is 0 Å². The molecule has 1 amide bonds. The van der Waals surface area contributed by atoms with E-state index < -0.39 is 38.2 Å². The Morgan fingerprint density at radius 2 is 1.59 bits per heavy atom. The monoisotopic (exact) mass is 752 g/mol. The molecule has 0 saturated carbocycles. The van der Waals surface area contributed by atoms with Crippen LogP contribution in [0.4, 0.5) is 5.69 Å². The van der Waals surface area contributed by atoms with Crippen LogP contribution in [0.15, 0.2) is 40.9 Å². The summed E-state index contributed by atoms with van der Waals surface area (Å²) in [5, 5.41) is 13.9. The second-order valence-electron chi connectivity index (χ2n) is 12.9. The van der Waals surface area contributed by atoms with Crippen molar-refractivity contribution >= 4 is 65.3 Å². The third-order valence-corrected chi connectivity index (χ3v) is 11.6. The quantitative estimate of drug-likeness (QED) is 0.100. The number of carbonyl (C=O) groups excluding carboxylic acids is 1. The minimum atomic E-state index is -3.80. The van der Waals surface area contributed by atoms with Crippen molar-refractivity contribution in [3.63, 3.8) is 0 Å². The number of sulfonamides is 1. The van der Waals surface area contributed by atoms with E-state index in [1.54, 1.807) is 30.3 Å². The van der Waals surface area contributed by atoms with Crippen LogP contribution in [0.2, 0.25) is 56.4 Å². The van der Waals surface area contributed by atoms with Gasteiger partial charge in [0.15, 0.2) is 13.4 Å². The SMILES string of the molecule is C[Si](C)(C)CCOCOc1ccc(C(O)CNC(=O)COc2ccc(Br)cc2Cl)cc1N(COCC[Si](C)(C)C)S(C)(=O)=O. The van der Waals surface area contributed by atoms with Gasteiger partial charge in [-0.15, -0.1) is 0 Å². The molecule has 1 unspecified atom stereocenters. The molecule has 0 saturated heterocycles. The van der Waals surface area contributed by atoms with Gasteiger partial charge in [-0.1, -0.05) is 72.9 Å². The largest absolute Gasteiger partial charge is 0.482 e. The van der Waals surface area contributed by atoms with E-state index in [0.717, 1.165) is 27.1 Å². The maximum Gasteiger partial charge on any atom is 0.258 e. The number of amides is 1. The summed E-state index contributed by atoms with van der Waals surface area (Å²) in [6.45, 7) is 13.6. The highest BCUT2D eigenvalue weighted by Gasteiger charge is 2.24. The van der Waals surface area contributed by atoms with E-state index in [9.17, 15) is 18.3 Å². The van der Waals surface area contributed by atoms with Gasteiger partial charge in [0.25, 0.3) is 5.91 Å². The Bertz CT molecular complexity index is 1340. The van der Waals surface area contributed by atoms with Gasteiger partial charge in [-0.3, -0.25) is 4.79 Å². The number of halogens is 2. The lowest BCUT2D eigenvalue weighted by molar-refractivity contribution is -0.123. The Labute approximate surface area is 277 Å². The molecule has 2 rings (SSSR count). The number of benzene rings is 2. The summed E-state index contributed by atoms with van der Waals surface area (Å²) in [5.41, 5.74) is 0.574. The summed E-state index contributed by atoms with van der Waals surface area (Å²) in [5.74, 6) is 0.146. The molecule has 0 aromatic heterocycles. The molecule has 15 heteroatoms. The number of anilines is 1. The molecule has 248 valence electrons. The van der Waals surface area contributed by atoms with Crippen molar-refractivity contribution in [1.29, 1.82) is 0 Å². The maximum atomic E-state index is 12.9.